The Labute approximate surface area is 380 Å². The Kier molecular flexibility index (Phi) is 13.9. The van der Waals surface area contributed by atoms with Gasteiger partial charge in [-0.3, -0.25) is 19.1 Å². The number of halogens is 4. The van der Waals surface area contributed by atoms with E-state index in [0.29, 0.717) is 37.0 Å². The van der Waals surface area contributed by atoms with E-state index in [9.17, 15) is 22.8 Å². The molecule has 16 nitrogen and oxygen atoms in total. The summed E-state index contributed by atoms with van der Waals surface area (Å²) in [5.74, 6) is 0.602. The summed E-state index contributed by atoms with van der Waals surface area (Å²) in [6.45, 7) is 0. The first kappa shape index (κ1) is 44.0. The van der Waals surface area contributed by atoms with Gasteiger partial charge in [-0.25, -0.2) is 43.3 Å². The fourth-order valence-electron chi connectivity index (χ4n) is 4.97. The summed E-state index contributed by atoms with van der Waals surface area (Å²) in [7, 11) is -3.49. The van der Waals surface area contributed by atoms with Crippen LogP contribution >= 0.6 is 89.1 Å². The number of pyridine rings is 4. The highest BCUT2D eigenvalue weighted by molar-refractivity contribution is 9.10. The Morgan fingerprint density at radius 1 is 0.717 bits per heavy atom. The van der Waals surface area contributed by atoms with E-state index in [2.05, 4.69) is 82.1 Å². The molecule has 7 heterocycles. The average Bonchev–Trinajstić information content (AvgIpc) is 4.08. The summed E-state index contributed by atoms with van der Waals surface area (Å²) in [4.78, 5) is 65.5. The SMILES string of the molecule is CS(=O)(=O)Nc1cc(-c2ccc3nc(NC(=O)C4CC4)sc3n2)cnc1Cl.Nc1nc2ccc(Br)nc2s1.O=C(Cl)C1CC1.O=C(Nc1nc2ccc(Br)nc2s1)C1CC1. The van der Waals surface area contributed by atoms with Gasteiger partial charge in [-0.1, -0.05) is 45.6 Å². The molecule has 10 rings (SSSR count). The predicted octanol–water partition coefficient (Wildman–Crippen LogP) is 9.13. The van der Waals surface area contributed by atoms with Crippen LogP contribution in [0, 0.1) is 17.8 Å². The van der Waals surface area contributed by atoms with Crippen LogP contribution in [0.25, 0.3) is 42.3 Å². The first-order chi connectivity index (χ1) is 28.6. The summed E-state index contributed by atoms with van der Waals surface area (Å²) in [6.07, 6.45) is 8.43. The number of anilines is 4. The molecule has 0 unspecified atom stereocenters. The van der Waals surface area contributed by atoms with E-state index in [1.54, 1.807) is 18.2 Å². The highest BCUT2D eigenvalue weighted by atomic mass is 79.9. The molecule has 24 heteroatoms. The normalized spacial score (nSPS) is 14.6. The summed E-state index contributed by atoms with van der Waals surface area (Å²) in [5.41, 5.74) is 9.21. The lowest BCUT2D eigenvalue weighted by molar-refractivity contribution is -0.118. The number of carbonyl (C=O) groups excluding carboxylic acids is 3. The Hall–Kier alpha value is -4.03. The van der Waals surface area contributed by atoms with Crippen molar-refractivity contribution in [2.24, 2.45) is 17.8 Å². The summed E-state index contributed by atoms with van der Waals surface area (Å²) in [6, 6.07) is 12.6. The first-order valence-corrected chi connectivity index (χ1v) is 24.6. The average molecular weight is 1060 g/mol. The molecule has 0 aromatic carbocycles. The fourth-order valence-corrected chi connectivity index (χ4v) is 9.19. The van der Waals surface area contributed by atoms with Crippen molar-refractivity contribution in [1.82, 2.24) is 34.9 Å². The highest BCUT2D eigenvalue weighted by Crippen LogP contribution is 2.35. The van der Waals surface area contributed by atoms with Gasteiger partial charge in [0.05, 0.1) is 17.6 Å². The summed E-state index contributed by atoms with van der Waals surface area (Å²) in [5, 5.41) is 7.25. The van der Waals surface area contributed by atoms with Gasteiger partial charge in [-0.05, 0) is 124 Å². The second kappa shape index (κ2) is 18.9. The molecular weight excluding hydrogens is 1030 g/mol. The molecule has 60 heavy (non-hydrogen) atoms. The molecule has 2 amide bonds. The van der Waals surface area contributed by atoms with E-state index in [-0.39, 0.29) is 45.7 Å². The molecule has 0 saturated heterocycles. The molecule has 3 saturated carbocycles. The lowest BCUT2D eigenvalue weighted by Crippen LogP contribution is -2.12. The Morgan fingerprint density at radius 3 is 1.68 bits per heavy atom. The topological polar surface area (TPSA) is 238 Å². The van der Waals surface area contributed by atoms with E-state index in [1.165, 1.54) is 40.2 Å². The third kappa shape index (κ3) is 12.5. The maximum atomic E-state index is 11.9. The number of thiazole rings is 3. The van der Waals surface area contributed by atoms with Crippen LogP contribution in [0.5, 0.6) is 0 Å². The van der Waals surface area contributed by atoms with Crippen molar-refractivity contribution in [3.8, 4) is 11.3 Å². The van der Waals surface area contributed by atoms with E-state index in [0.717, 1.165) is 74.7 Å². The number of hydrogen-bond donors (Lipinski definition) is 4. The number of rotatable bonds is 8. The smallest absolute Gasteiger partial charge is 0.229 e. The van der Waals surface area contributed by atoms with Gasteiger partial charge in [0.15, 0.2) is 20.5 Å². The van der Waals surface area contributed by atoms with E-state index in [4.69, 9.17) is 28.9 Å². The molecule has 3 aliphatic carbocycles. The van der Waals surface area contributed by atoms with Crippen LogP contribution in [0.3, 0.4) is 0 Å². The number of aromatic nitrogens is 7. The van der Waals surface area contributed by atoms with Crippen molar-refractivity contribution in [2.45, 2.75) is 38.5 Å². The minimum Gasteiger partial charge on any atom is -0.375 e. The molecule has 312 valence electrons. The minimum atomic E-state index is -3.49. The molecule has 0 radical (unpaired) electrons. The molecule has 5 N–H and O–H groups in total. The molecule has 0 bridgehead atoms. The zero-order valence-corrected chi connectivity index (χ0v) is 38.9. The number of nitrogens with one attached hydrogen (secondary N) is 3. The van der Waals surface area contributed by atoms with Crippen molar-refractivity contribution in [1.29, 1.82) is 0 Å². The predicted molar refractivity (Wildman–Crippen MR) is 245 cm³/mol. The maximum Gasteiger partial charge on any atom is 0.229 e. The molecule has 0 atom stereocenters. The standard InChI is InChI=1S/C16H14ClN5O3S2.C10H8BrN3OS.C6H4BrN3S.C4H5ClO/c1-27(24,25)22-12-6-9(7-18-13(12)17)10-4-5-11-15(19-10)26-16(20-11)21-14(23)8-2-3-8;11-7-4-3-6-9(13-7)16-10(12-6)14-8(15)5-1-2-5;7-4-2-1-3-5(10-4)11-6(8)9-3;5-4(6)3-1-2-3/h4-8,22H,2-3H2,1H3,(H,20,21,23);3-5H,1-2H2,(H,12,14,15);1-2H,(H2,8,9);3H,1-2H2. The third-order valence-electron chi connectivity index (χ3n) is 8.40. The third-order valence-corrected chi connectivity index (χ3v) is 13.0. The number of fused-ring (bicyclic) bond motifs is 3. The molecule has 0 spiro atoms. The zero-order chi connectivity index (χ0) is 42.7. The monoisotopic (exact) mass is 1050 g/mol. The van der Waals surface area contributed by atoms with Crippen LogP contribution in [0.15, 0.2) is 57.9 Å². The van der Waals surface area contributed by atoms with E-state index >= 15 is 0 Å². The number of nitrogens with zero attached hydrogens (tertiary/aromatic N) is 7. The Morgan fingerprint density at radius 2 is 1.20 bits per heavy atom. The van der Waals surface area contributed by atoms with Gasteiger partial charge in [0.2, 0.25) is 27.1 Å². The van der Waals surface area contributed by atoms with Crippen LogP contribution in [0.1, 0.15) is 38.5 Å². The maximum absolute atomic E-state index is 11.9. The second-order valence-electron chi connectivity index (χ2n) is 13.6. The van der Waals surface area contributed by atoms with Crippen molar-refractivity contribution in [3.63, 3.8) is 0 Å². The van der Waals surface area contributed by atoms with Crippen molar-refractivity contribution < 1.29 is 22.8 Å². The number of carbonyl (C=O) groups is 3. The van der Waals surface area contributed by atoms with Gasteiger partial charge in [0, 0.05) is 29.5 Å². The quantitative estimate of drug-likeness (QED) is 0.0822. The molecule has 3 aliphatic rings. The number of nitrogens with two attached hydrogens (primary N) is 1. The molecule has 7 aromatic heterocycles. The highest BCUT2D eigenvalue weighted by Gasteiger charge is 2.31. The number of sulfonamides is 1. The van der Waals surface area contributed by atoms with Gasteiger partial charge < -0.3 is 16.4 Å². The van der Waals surface area contributed by atoms with E-state index in [1.807, 2.05) is 24.3 Å². The second-order valence-corrected chi connectivity index (χ2v) is 20.6. The van der Waals surface area contributed by atoms with Crippen LogP contribution in [0.4, 0.5) is 21.1 Å². The number of amides is 2. The van der Waals surface area contributed by atoms with Crippen LogP contribution in [0.2, 0.25) is 5.15 Å². The summed E-state index contributed by atoms with van der Waals surface area (Å²) >= 11 is 21.6. The summed E-state index contributed by atoms with van der Waals surface area (Å²) < 4.78 is 26.9. The van der Waals surface area contributed by atoms with Crippen LogP contribution in [-0.2, 0) is 24.4 Å². The zero-order valence-electron chi connectivity index (χ0n) is 31.0. The lowest BCUT2D eigenvalue weighted by atomic mass is 10.2. The lowest BCUT2D eigenvalue weighted by Gasteiger charge is -2.08. The van der Waals surface area contributed by atoms with Gasteiger partial charge in [-0.2, -0.15) is 0 Å². The largest absolute Gasteiger partial charge is 0.375 e. The van der Waals surface area contributed by atoms with E-state index < -0.39 is 10.0 Å². The Balaban J connectivity index is 0.000000138. The van der Waals surface area contributed by atoms with Gasteiger partial charge in [0.25, 0.3) is 0 Å². The van der Waals surface area contributed by atoms with Crippen molar-refractivity contribution in [2.75, 3.05) is 27.3 Å². The van der Waals surface area contributed by atoms with Gasteiger partial charge in [0.1, 0.15) is 40.2 Å². The van der Waals surface area contributed by atoms with Gasteiger partial charge >= 0.3 is 0 Å². The minimum absolute atomic E-state index is 0.00679. The van der Waals surface area contributed by atoms with Crippen molar-refractivity contribution >= 4 is 168 Å². The number of nitrogen functional groups attached to an aromatic ring is 1. The molecule has 3 fully saturated rings. The van der Waals surface area contributed by atoms with Crippen LogP contribution in [-0.4, -0.2) is 66.6 Å². The van der Waals surface area contributed by atoms with Gasteiger partial charge in [-0.15, -0.1) is 0 Å². The van der Waals surface area contributed by atoms with Crippen LogP contribution < -0.4 is 21.1 Å². The fraction of sp³-hybridized carbons (Fsp3) is 0.278. The molecule has 7 aromatic rings. The first-order valence-electron chi connectivity index (χ1n) is 17.9. The Bertz CT molecular complexity index is 2870. The van der Waals surface area contributed by atoms with Crippen molar-refractivity contribution in [3.05, 3.63) is 63.0 Å². The number of hydrogen-bond acceptors (Lipinski definition) is 16. The molecule has 0 aliphatic heterocycles. The molecular formula is C36H31Br2Cl2N11O5S4.